The highest BCUT2D eigenvalue weighted by atomic mass is 35.5. The molecule has 1 aliphatic rings. The molecule has 0 bridgehead atoms. The molecule has 2 heterocycles. The van der Waals surface area contributed by atoms with Gasteiger partial charge in [0, 0.05) is 16.6 Å². The third kappa shape index (κ3) is 3.44. The topological polar surface area (TPSA) is 58.6 Å². The summed E-state index contributed by atoms with van der Waals surface area (Å²) in [5.74, 6) is -2.90. The molecular weight excluding hydrogens is 434 g/mol. The molecule has 3 aromatic rings. The van der Waals surface area contributed by atoms with E-state index in [0.29, 0.717) is 10.6 Å². The largest absolute Gasteiger partial charge is 0.495 e. The van der Waals surface area contributed by atoms with Crippen molar-refractivity contribution in [1.82, 2.24) is 0 Å². The number of rotatable bonds is 5. The minimum absolute atomic E-state index is 0.0413. The van der Waals surface area contributed by atoms with E-state index in [-0.39, 0.29) is 27.7 Å². The van der Waals surface area contributed by atoms with E-state index in [2.05, 4.69) is 5.32 Å². The SMILES string of the molecule is COc1ccc(N2C(=O)C(Nc3ccc(F)c(F)c3)=C(c3cccs3)C2=O)cc1Cl. The van der Waals surface area contributed by atoms with Gasteiger partial charge >= 0.3 is 0 Å². The molecule has 30 heavy (non-hydrogen) atoms. The van der Waals surface area contributed by atoms with Gasteiger partial charge in [-0.25, -0.2) is 13.7 Å². The number of amides is 2. The van der Waals surface area contributed by atoms with Crippen LogP contribution in [0.15, 0.2) is 59.6 Å². The Morgan fingerprint density at radius 1 is 1.03 bits per heavy atom. The highest BCUT2D eigenvalue weighted by molar-refractivity contribution is 7.11. The average Bonchev–Trinajstić information content (AvgIpc) is 3.32. The van der Waals surface area contributed by atoms with Gasteiger partial charge in [-0.3, -0.25) is 9.59 Å². The van der Waals surface area contributed by atoms with Crippen LogP contribution in [-0.2, 0) is 9.59 Å². The standard InChI is InChI=1S/C21H13ClF2N2O3S/c1-29-16-7-5-12(10-13(16)22)26-20(27)18(17-3-2-8-30-17)19(21(26)28)25-11-4-6-14(23)15(24)9-11/h2-10,25H,1H3. The number of carbonyl (C=O) groups excluding carboxylic acids is 2. The van der Waals surface area contributed by atoms with E-state index in [0.717, 1.165) is 17.0 Å². The van der Waals surface area contributed by atoms with Crippen molar-refractivity contribution in [2.45, 2.75) is 0 Å². The second kappa shape index (κ2) is 7.89. The summed E-state index contributed by atoms with van der Waals surface area (Å²) in [6.07, 6.45) is 0. The van der Waals surface area contributed by atoms with E-state index in [1.165, 1.54) is 36.6 Å². The predicted molar refractivity (Wildman–Crippen MR) is 112 cm³/mol. The lowest BCUT2D eigenvalue weighted by molar-refractivity contribution is -0.120. The quantitative estimate of drug-likeness (QED) is 0.555. The van der Waals surface area contributed by atoms with Gasteiger partial charge in [-0.05, 0) is 41.8 Å². The van der Waals surface area contributed by atoms with Gasteiger partial charge in [0.1, 0.15) is 11.4 Å². The van der Waals surface area contributed by atoms with Crippen LogP contribution in [0.5, 0.6) is 5.75 Å². The molecule has 0 spiro atoms. The Hall–Kier alpha value is -3.23. The van der Waals surface area contributed by atoms with Crippen molar-refractivity contribution >= 4 is 51.7 Å². The number of ether oxygens (including phenoxy) is 1. The minimum atomic E-state index is -1.08. The first kappa shape index (κ1) is 20.1. The van der Waals surface area contributed by atoms with Crippen molar-refractivity contribution in [1.29, 1.82) is 0 Å². The fraction of sp³-hybridized carbons (Fsp3) is 0.0476. The molecule has 5 nitrogen and oxygen atoms in total. The predicted octanol–water partition coefficient (Wildman–Crippen LogP) is 5.08. The number of nitrogens with one attached hydrogen (secondary N) is 1. The summed E-state index contributed by atoms with van der Waals surface area (Å²) in [5.41, 5.74) is 0.479. The lowest BCUT2D eigenvalue weighted by atomic mass is 10.2. The summed E-state index contributed by atoms with van der Waals surface area (Å²) < 4.78 is 32.0. The van der Waals surface area contributed by atoms with Crippen LogP contribution in [0, 0.1) is 11.6 Å². The number of carbonyl (C=O) groups is 2. The molecular formula is C21H13ClF2N2O3S. The summed E-state index contributed by atoms with van der Waals surface area (Å²) in [5, 5.41) is 4.77. The molecule has 0 saturated heterocycles. The van der Waals surface area contributed by atoms with Crippen LogP contribution in [0.4, 0.5) is 20.2 Å². The van der Waals surface area contributed by atoms with Crippen LogP contribution in [0.25, 0.3) is 5.57 Å². The van der Waals surface area contributed by atoms with Gasteiger partial charge in [0.05, 0.1) is 23.4 Å². The number of methoxy groups -OCH3 is 1. The minimum Gasteiger partial charge on any atom is -0.495 e. The Morgan fingerprint density at radius 3 is 2.47 bits per heavy atom. The first-order valence-electron chi connectivity index (χ1n) is 8.63. The molecule has 1 N–H and O–H groups in total. The number of anilines is 2. The van der Waals surface area contributed by atoms with Crippen molar-refractivity contribution in [3.05, 3.63) is 81.1 Å². The number of halogens is 3. The zero-order valence-corrected chi connectivity index (χ0v) is 17.0. The second-order valence-electron chi connectivity index (χ2n) is 6.25. The number of hydrogen-bond donors (Lipinski definition) is 1. The summed E-state index contributed by atoms with van der Waals surface area (Å²) in [6.45, 7) is 0. The highest BCUT2D eigenvalue weighted by Crippen LogP contribution is 2.37. The molecule has 0 unspecified atom stereocenters. The molecule has 4 rings (SSSR count). The van der Waals surface area contributed by atoms with Gasteiger partial charge in [-0.15, -0.1) is 11.3 Å². The Kier molecular flexibility index (Phi) is 5.27. The molecule has 0 atom stereocenters. The molecule has 0 saturated carbocycles. The molecule has 2 aromatic carbocycles. The highest BCUT2D eigenvalue weighted by Gasteiger charge is 2.41. The summed E-state index contributed by atoms with van der Waals surface area (Å²) in [7, 11) is 1.45. The van der Waals surface area contributed by atoms with E-state index in [1.54, 1.807) is 23.6 Å². The van der Waals surface area contributed by atoms with Crippen molar-refractivity contribution in [2.75, 3.05) is 17.3 Å². The smallest absolute Gasteiger partial charge is 0.282 e. The van der Waals surface area contributed by atoms with Gasteiger partial charge in [-0.1, -0.05) is 17.7 Å². The van der Waals surface area contributed by atoms with Gasteiger partial charge in [-0.2, -0.15) is 0 Å². The Morgan fingerprint density at radius 2 is 1.83 bits per heavy atom. The fourth-order valence-electron chi connectivity index (χ4n) is 3.04. The zero-order chi connectivity index (χ0) is 21.4. The maximum atomic E-state index is 13.6. The monoisotopic (exact) mass is 446 g/mol. The third-order valence-corrected chi connectivity index (χ3v) is 5.62. The van der Waals surface area contributed by atoms with E-state index >= 15 is 0 Å². The normalized spacial score (nSPS) is 13.9. The number of imide groups is 1. The maximum Gasteiger partial charge on any atom is 0.282 e. The Bertz CT molecular complexity index is 1190. The van der Waals surface area contributed by atoms with Gasteiger partial charge in [0.2, 0.25) is 0 Å². The van der Waals surface area contributed by atoms with Crippen LogP contribution in [0.3, 0.4) is 0 Å². The van der Waals surface area contributed by atoms with Gasteiger partial charge in [0.25, 0.3) is 11.8 Å². The van der Waals surface area contributed by atoms with Crippen molar-refractivity contribution in [3.8, 4) is 5.75 Å². The molecule has 0 fully saturated rings. The lowest BCUT2D eigenvalue weighted by Gasteiger charge is -2.16. The number of nitrogens with zero attached hydrogens (tertiary/aromatic N) is 1. The number of thiophene rings is 1. The first-order valence-corrected chi connectivity index (χ1v) is 9.89. The van der Waals surface area contributed by atoms with E-state index < -0.39 is 23.4 Å². The number of hydrogen-bond acceptors (Lipinski definition) is 5. The van der Waals surface area contributed by atoms with Crippen LogP contribution in [0.2, 0.25) is 5.02 Å². The van der Waals surface area contributed by atoms with Crippen molar-refractivity contribution in [3.63, 3.8) is 0 Å². The second-order valence-corrected chi connectivity index (χ2v) is 7.60. The zero-order valence-electron chi connectivity index (χ0n) is 15.4. The summed E-state index contributed by atoms with van der Waals surface area (Å²) >= 11 is 7.43. The van der Waals surface area contributed by atoms with Gasteiger partial charge < -0.3 is 10.1 Å². The van der Waals surface area contributed by atoms with E-state index in [1.807, 2.05) is 0 Å². The molecule has 1 aliphatic heterocycles. The fourth-order valence-corrected chi connectivity index (χ4v) is 4.06. The molecule has 1 aromatic heterocycles. The maximum absolute atomic E-state index is 13.6. The van der Waals surface area contributed by atoms with Crippen molar-refractivity contribution < 1.29 is 23.1 Å². The third-order valence-electron chi connectivity index (χ3n) is 4.43. The molecule has 0 radical (unpaired) electrons. The van der Waals surface area contributed by atoms with Crippen LogP contribution < -0.4 is 15.0 Å². The Labute approximate surface area is 179 Å². The summed E-state index contributed by atoms with van der Waals surface area (Å²) in [4.78, 5) is 27.9. The van der Waals surface area contributed by atoms with Crippen LogP contribution >= 0.6 is 22.9 Å². The molecule has 2 amide bonds. The van der Waals surface area contributed by atoms with Crippen LogP contribution in [0.1, 0.15) is 4.88 Å². The molecule has 9 heteroatoms. The van der Waals surface area contributed by atoms with Gasteiger partial charge in [0.15, 0.2) is 11.6 Å². The van der Waals surface area contributed by atoms with E-state index in [9.17, 15) is 18.4 Å². The first-order chi connectivity index (χ1) is 14.4. The average molecular weight is 447 g/mol. The van der Waals surface area contributed by atoms with E-state index in [4.69, 9.17) is 16.3 Å². The lowest BCUT2D eigenvalue weighted by Crippen LogP contribution is -2.32. The number of benzene rings is 2. The molecule has 0 aliphatic carbocycles. The van der Waals surface area contributed by atoms with Crippen molar-refractivity contribution in [2.24, 2.45) is 0 Å². The summed E-state index contributed by atoms with van der Waals surface area (Å²) in [6, 6.07) is 11.1. The van der Waals surface area contributed by atoms with Crippen LogP contribution in [-0.4, -0.2) is 18.9 Å². The Balaban J connectivity index is 1.78. The molecule has 152 valence electrons.